The minimum Gasteiger partial charge on any atom is -0.446 e. The summed E-state index contributed by atoms with van der Waals surface area (Å²) in [6, 6.07) is 0. The minimum absolute atomic E-state index is 0.344. The average Bonchev–Trinajstić information content (AvgIpc) is 2.30. The number of nitrogens with zero attached hydrogens (tertiary/aromatic N) is 1. The van der Waals surface area contributed by atoms with Crippen molar-refractivity contribution in [1.29, 1.82) is 0 Å². The Kier molecular flexibility index (Phi) is 3.38. The van der Waals surface area contributed by atoms with Crippen LogP contribution in [0, 0.1) is 0 Å². The summed E-state index contributed by atoms with van der Waals surface area (Å²) >= 11 is 0. The van der Waals surface area contributed by atoms with Crippen molar-refractivity contribution >= 4 is 6.47 Å². The Bertz CT molecular complexity index is 238. The second kappa shape index (κ2) is 4.08. The van der Waals surface area contributed by atoms with Gasteiger partial charge in [0, 0.05) is 6.42 Å². The average molecular weight is 217 g/mol. The van der Waals surface area contributed by atoms with E-state index in [0.29, 0.717) is 19.3 Å². The molecule has 1 rings (SSSR count). The number of carbonyl (C=O) groups is 1. The molecular weight excluding hydrogens is 198 g/mol. The van der Waals surface area contributed by atoms with Crippen LogP contribution in [-0.2, 0) is 14.3 Å². The highest BCUT2D eigenvalue weighted by atomic mass is 16.7. The molecule has 88 valence electrons. The van der Waals surface area contributed by atoms with E-state index in [9.17, 15) is 10.0 Å². The fourth-order valence-corrected chi connectivity index (χ4v) is 1.88. The molecule has 0 aromatic heterocycles. The van der Waals surface area contributed by atoms with Crippen molar-refractivity contribution in [3.63, 3.8) is 0 Å². The van der Waals surface area contributed by atoms with Crippen molar-refractivity contribution in [2.24, 2.45) is 0 Å². The molecule has 1 aliphatic heterocycles. The van der Waals surface area contributed by atoms with Crippen LogP contribution in [0.25, 0.3) is 0 Å². The number of ether oxygens (including phenoxy) is 2. The topological polar surface area (TPSA) is 59.0 Å². The summed E-state index contributed by atoms with van der Waals surface area (Å²) in [4.78, 5) is 10.2. The number of hydrogen-bond acceptors (Lipinski definition) is 5. The summed E-state index contributed by atoms with van der Waals surface area (Å²) in [7, 11) is 0. The van der Waals surface area contributed by atoms with Crippen LogP contribution >= 0.6 is 0 Å². The largest absolute Gasteiger partial charge is 0.446 e. The Morgan fingerprint density at radius 3 is 2.60 bits per heavy atom. The molecule has 0 aromatic carbocycles. The van der Waals surface area contributed by atoms with Gasteiger partial charge in [0.2, 0.25) is 0 Å². The standard InChI is InChI=1S/C10H19NO4/c1-9(2,3)15-10(4)6-5-8(11(10)13)14-7-12/h7-8,13H,5-6H2,1-4H3. The van der Waals surface area contributed by atoms with E-state index < -0.39 is 12.0 Å². The van der Waals surface area contributed by atoms with E-state index in [2.05, 4.69) is 0 Å². The molecule has 2 atom stereocenters. The second-order valence-corrected chi connectivity index (χ2v) is 4.96. The van der Waals surface area contributed by atoms with Crippen LogP contribution in [0.5, 0.6) is 0 Å². The lowest BCUT2D eigenvalue weighted by molar-refractivity contribution is -0.319. The first-order valence-electron chi connectivity index (χ1n) is 5.06. The zero-order chi connectivity index (χ0) is 11.7. The van der Waals surface area contributed by atoms with E-state index in [1.165, 1.54) is 0 Å². The van der Waals surface area contributed by atoms with E-state index in [1.807, 2.05) is 20.8 Å². The van der Waals surface area contributed by atoms with Crippen molar-refractivity contribution in [2.75, 3.05) is 0 Å². The minimum atomic E-state index is -0.786. The van der Waals surface area contributed by atoms with Gasteiger partial charge < -0.3 is 14.7 Å². The summed E-state index contributed by atoms with van der Waals surface area (Å²) in [5.41, 5.74) is -1.14. The van der Waals surface area contributed by atoms with Gasteiger partial charge in [0.1, 0.15) is 5.72 Å². The van der Waals surface area contributed by atoms with Crippen molar-refractivity contribution in [1.82, 2.24) is 5.06 Å². The lowest BCUT2D eigenvalue weighted by atomic mass is 10.1. The van der Waals surface area contributed by atoms with Crippen molar-refractivity contribution in [3.8, 4) is 0 Å². The van der Waals surface area contributed by atoms with Crippen LogP contribution in [0.3, 0.4) is 0 Å². The summed E-state index contributed by atoms with van der Waals surface area (Å²) in [6.07, 6.45) is 0.594. The van der Waals surface area contributed by atoms with Gasteiger partial charge in [0.25, 0.3) is 6.47 Å². The van der Waals surface area contributed by atoms with E-state index in [0.717, 1.165) is 5.06 Å². The maximum absolute atomic E-state index is 10.2. The fourth-order valence-electron chi connectivity index (χ4n) is 1.88. The molecule has 0 aromatic rings. The second-order valence-electron chi connectivity index (χ2n) is 4.96. The third-order valence-electron chi connectivity index (χ3n) is 2.35. The molecule has 5 heteroatoms. The lowest BCUT2D eigenvalue weighted by Gasteiger charge is -2.37. The van der Waals surface area contributed by atoms with Crippen LogP contribution in [0.4, 0.5) is 0 Å². The fraction of sp³-hybridized carbons (Fsp3) is 0.900. The predicted molar refractivity (Wildman–Crippen MR) is 53.0 cm³/mol. The zero-order valence-electron chi connectivity index (χ0n) is 9.69. The highest BCUT2D eigenvalue weighted by molar-refractivity contribution is 5.37. The van der Waals surface area contributed by atoms with Crippen LogP contribution in [0.1, 0.15) is 40.5 Å². The van der Waals surface area contributed by atoms with Gasteiger partial charge in [-0.05, 0) is 34.1 Å². The molecule has 1 aliphatic rings. The zero-order valence-corrected chi connectivity index (χ0v) is 9.69. The molecule has 2 unspecified atom stereocenters. The first kappa shape index (κ1) is 12.4. The van der Waals surface area contributed by atoms with E-state index >= 15 is 0 Å². The molecule has 0 saturated carbocycles. The predicted octanol–water partition coefficient (Wildman–Crippen LogP) is 1.50. The quantitative estimate of drug-likeness (QED) is 0.726. The Morgan fingerprint density at radius 1 is 1.53 bits per heavy atom. The van der Waals surface area contributed by atoms with Gasteiger partial charge in [-0.3, -0.25) is 4.79 Å². The highest BCUT2D eigenvalue weighted by Gasteiger charge is 2.46. The van der Waals surface area contributed by atoms with Crippen molar-refractivity contribution in [3.05, 3.63) is 0 Å². The van der Waals surface area contributed by atoms with Gasteiger partial charge in [-0.2, -0.15) is 0 Å². The van der Waals surface area contributed by atoms with Crippen molar-refractivity contribution < 1.29 is 19.5 Å². The number of hydroxylamine groups is 2. The van der Waals surface area contributed by atoms with E-state index in [-0.39, 0.29) is 5.60 Å². The molecule has 0 aliphatic carbocycles. The lowest BCUT2D eigenvalue weighted by Crippen LogP contribution is -2.49. The molecule has 1 saturated heterocycles. The molecule has 0 bridgehead atoms. The molecule has 0 amide bonds. The molecule has 0 radical (unpaired) electrons. The summed E-state index contributed by atoms with van der Waals surface area (Å²) in [5.74, 6) is 0. The number of carbonyl (C=O) groups excluding carboxylic acids is 1. The Morgan fingerprint density at radius 2 is 2.13 bits per heavy atom. The number of rotatable bonds is 3. The first-order chi connectivity index (χ1) is 6.78. The third kappa shape index (κ3) is 2.90. The van der Waals surface area contributed by atoms with Gasteiger partial charge in [-0.1, -0.05) is 0 Å². The smallest absolute Gasteiger partial charge is 0.294 e. The Labute approximate surface area is 89.9 Å². The number of hydrogen-bond donors (Lipinski definition) is 1. The third-order valence-corrected chi connectivity index (χ3v) is 2.35. The van der Waals surface area contributed by atoms with Crippen LogP contribution in [0.15, 0.2) is 0 Å². The van der Waals surface area contributed by atoms with E-state index in [1.54, 1.807) is 6.92 Å². The van der Waals surface area contributed by atoms with Crippen LogP contribution < -0.4 is 0 Å². The van der Waals surface area contributed by atoms with Gasteiger partial charge in [-0.15, -0.1) is 5.06 Å². The molecular formula is C10H19NO4. The maximum Gasteiger partial charge on any atom is 0.294 e. The normalized spacial score (nSPS) is 33.0. The SMILES string of the molecule is CC(C)(C)OC1(C)CCC(OC=O)N1O. The molecule has 5 nitrogen and oxygen atoms in total. The Hall–Kier alpha value is -0.650. The van der Waals surface area contributed by atoms with Gasteiger partial charge in [-0.25, -0.2) is 0 Å². The summed E-state index contributed by atoms with van der Waals surface area (Å²) in [6.45, 7) is 7.88. The van der Waals surface area contributed by atoms with Crippen LogP contribution in [-0.4, -0.2) is 34.3 Å². The first-order valence-corrected chi connectivity index (χ1v) is 5.06. The van der Waals surface area contributed by atoms with Gasteiger partial charge in [0.05, 0.1) is 5.60 Å². The monoisotopic (exact) mass is 217 g/mol. The van der Waals surface area contributed by atoms with Crippen LogP contribution in [0.2, 0.25) is 0 Å². The van der Waals surface area contributed by atoms with E-state index in [4.69, 9.17) is 9.47 Å². The van der Waals surface area contributed by atoms with Crippen molar-refractivity contribution in [2.45, 2.75) is 58.1 Å². The molecule has 1 fully saturated rings. The maximum atomic E-state index is 10.2. The highest BCUT2D eigenvalue weighted by Crippen LogP contribution is 2.36. The molecule has 0 spiro atoms. The Balaban J connectivity index is 2.67. The molecule has 1 heterocycles. The summed E-state index contributed by atoms with van der Waals surface area (Å²) in [5, 5.41) is 10.8. The van der Waals surface area contributed by atoms with Gasteiger partial charge >= 0.3 is 0 Å². The summed E-state index contributed by atoms with van der Waals surface area (Å²) < 4.78 is 10.5. The molecule has 1 N–H and O–H groups in total. The van der Waals surface area contributed by atoms with Gasteiger partial charge in [0.15, 0.2) is 6.23 Å². The molecule has 15 heavy (non-hydrogen) atoms.